The molecular formula is C14H21F2N3O3S. The first kappa shape index (κ1) is 19.5. The number of nitrogens with one attached hydrogen (secondary N) is 2. The van der Waals surface area contributed by atoms with E-state index in [1.54, 1.807) is 0 Å². The zero-order valence-corrected chi connectivity index (χ0v) is 13.8. The smallest absolute Gasteiger partial charge is 0.277 e. The molecule has 0 aliphatic heterocycles. The van der Waals surface area contributed by atoms with Crippen LogP contribution in [0.15, 0.2) is 29.2 Å². The number of benzene rings is 1. The lowest BCUT2D eigenvalue weighted by Crippen LogP contribution is -2.41. The number of rotatable bonds is 8. The van der Waals surface area contributed by atoms with E-state index in [4.69, 9.17) is 5.73 Å². The van der Waals surface area contributed by atoms with Crippen molar-refractivity contribution in [3.05, 3.63) is 29.8 Å². The van der Waals surface area contributed by atoms with Gasteiger partial charge in [-0.25, -0.2) is 21.9 Å². The monoisotopic (exact) mass is 349 g/mol. The van der Waals surface area contributed by atoms with Gasteiger partial charge in [-0.15, -0.1) is 0 Å². The lowest BCUT2D eigenvalue weighted by molar-refractivity contribution is 0.0118. The van der Waals surface area contributed by atoms with E-state index in [1.165, 1.54) is 24.3 Å². The van der Waals surface area contributed by atoms with E-state index in [2.05, 4.69) is 10.0 Å². The van der Waals surface area contributed by atoms with Crippen molar-refractivity contribution < 1.29 is 22.0 Å². The molecule has 0 saturated carbocycles. The number of carbonyl (C=O) groups is 1. The van der Waals surface area contributed by atoms with Crippen molar-refractivity contribution in [2.24, 2.45) is 11.7 Å². The molecule has 1 amide bonds. The normalized spacial score (nSPS) is 12.4. The topological polar surface area (TPSA) is 101 Å². The minimum absolute atomic E-state index is 0.00184. The van der Waals surface area contributed by atoms with Crippen LogP contribution in [0.25, 0.3) is 0 Å². The van der Waals surface area contributed by atoms with Crippen molar-refractivity contribution in [3.63, 3.8) is 0 Å². The zero-order valence-electron chi connectivity index (χ0n) is 13.0. The Labute approximate surface area is 134 Å². The maximum Gasteiger partial charge on any atom is 0.277 e. The lowest BCUT2D eigenvalue weighted by atomic mass is 10.2. The van der Waals surface area contributed by atoms with Gasteiger partial charge in [-0.2, -0.15) is 0 Å². The van der Waals surface area contributed by atoms with Crippen LogP contribution in [0, 0.1) is 5.92 Å². The van der Waals surface area contributed by atoms with E-state index >= 15 is 0 Å². The predicted octanol–water partition coefficient (Wildman–Crippen LogP) is 0.945. The van der Waals surface area contributed by atoms with Gasteiger partial charge in [-0.05, 0) is 30.2 Å². The molecule has 0 unspecified atom stereocenters. The molecule has 130 valence electrons. The Bertz CT molecular complexity index is 631. The van der Waals surface area contributed by atoms with Crippen LogP contribution in [0.4, 0.5) is 8.78 Å². The first-order valence-corrected chi connectivity index (χ1v) is 8.51. The van der Waals surface area contributed by atoms with Crippen LogP contribution < -0.4 is 15.8 Å². The van der Waals surface area contributed by atoms with Crippen LogP contribution in [0.5, 0.6) is 0 Å². The molecule has 0 saturated heterocycles. The number of carbonyl (C=O) groups excluding carboxylic acids is 1. The summed E-state index contributed by atoms with van der Waals surface area (Å²) in [5.74, 6) is -3.75. The summed E-state index contributed by atoms with van der Waals surface area (Å²) in [4.78, 5) is 11.7. The van der Waals surface area contributed by atoms with E-state index in [0.717, 1.165) is 0 Å². The fourth-order valence-electron chi connectivity index (χ4n) is 1.53. The molecule has 0 bridgehead atoms. The maximum absolute atomic E-state index is 13.0. The Kier molecular flexibility index (Phi) is 6.60. The molecule has 0 radical (unpaired) electrons. The second-order valence-electron chi connectivity index (χ2n) is 5.51. The van der Waals surface area contributed by atoms with E-state index in [1.807, 2.05) is 13.8 Å². The molecule has 0 spiro atoms. The molecular weight excluding hydrogens is 328 g/mol. The third-order valence-electron chi connectivity index (χ3n) is 2.91. The second kappa shape index (κ2) is 7.80. The number of halogens is 2. The SMILES string of the molecule is CC(C)CNS(=O)(=O)c1ccc(C(=O)NCC(F)(F)CN)cc1. The number of hydrogen-bond acceptors (Lipinski definition) is 4. The molecule has 6 nitrogen and oxygen atoms in total. The molecule has 1 aromatic rings. The Balaban J connectivity index is 2.74. The van der Waals surface area contributed by atoms with Crippen molar-refractivity contribution in [1.82, 2.24) is 10.0 Å². The molecule has 0 heterocycles. The van der Waals surface area contributed by atoms with Crippen molar-refractivity contribution in [2.45, 2.75) is 24.7 Å². The van der Waals surface area contributed by atoms with Gasteiger partial charge in [0.05, 0.1) is 18.0 Å². The fraction of sp³-hybridized carbons (Fsp3) is 0.500. The standard InChI is InChI=1S/C14H21F2N3O3S/c1-10(2)7-19-23(21,22)12-5-3-11(4-6-12)13(20)18-9-14(15,16)8-17/h3-6,10,19H,7-9,17H2,1-2H3,(H,18,20). The molecule has 9 heteroatoms. The van der Waals surface area contributed by atoms with Crippen LogP contribution in [0.1, 0.15) is 24.2 Å². The molecule has 23 heavy (non-hydrogen) atoms. The van der Waals surface area contributed by atoms with Gasteiger partial charge in [0.25, 0.3) is 11.8 Å². The third-order valence-corrected chi connectivity index (χ3v) is 4.35. The summed E-state index contributed by atoms with van der Waals surface area (Å²) in [7, 11) is -3.66. The fourth-order valence-corrected chi connectivity index (χ4v) is 2.74. The Morgan fingerprint density at radius 1 is 1.26 bits per heavy atom. The number of sulfonamides is 1. The molecule has 1 rings (SSSR count). The summed E-state index contributed by atoms with van der Waals surface area (Å²) >= 11 is 0. The van der Waals surface area contributed by atoms with Gasteiger partial charge in [0.1, 0.15) is 0 Å². The van der Waals surface area contributed by atoms with Gasteiger partial charge in [0.15, 0.2) is 0 Å². The molecule has 0 aromatic heterocycles. The van der Waals surface area contributed by atoms with E-state index in [0.29, 0.717) is 6.54 Å². The highest BCUT2D eigenvalue weighted by molar-refractivity contribution is 7.89. The summed E-state index contributed by atoms with van der Waals surface area (Å²) in [6.45, 7) is 2.28. The van der Waals surface area contributed by atoms with Crippen LogP contribution in [0.2, 0.25) is 0 Å². The van der Waals surface area contributed by atoms with Crippen LogP contribution in [-0.4, -0.2) is 39.9 Å². The van der Waals surface area contributed by atoms with Crippen molar-refractivity contribution in [3.8, 4) is 0 Å². The molecule has 1 aromatic carbocycles. The van der Waals surface area contributed by atoms with Gasteiger partial charge >= 0.3 is 0 Å². The molecule has 0 atom stereocenters. The van der Waals surface area contributed by atoms with Crippen molar-refractivity contribution in [1.29, 1.82) is 0 Å². The van der Waals surface area contributed by atoms with Gasteiger partial charge in [-0.1, -0.05) is 13.8 Å². The Hall–Kier alpha value is -1.58. The van der Waals surface area contributed by atoms with Gasteiger partial charge in [0, 0.05) is 12.1 Å². The molecule has 0 aliphatic rings. The van der Waals surface area contributed by atoms with Gasteiger partial charge in [0.2, 0.25) is 10.0 Å². The summed E-state index contributed by atoms with van der Waals surface area (Å²) in [6.07, 6.45) is 0. The third kappa shape index (κ3) is 6.20. The van der Waals surface area contributed by atoms with Crippen LogP contribution in [0.3, 0.4) is 0 Å². The quantitative estimate of drug-likeness (QED) is 0.650. The molecule has 0 fully saturated rings. The predicted molar refractivity (Wildman–Crippen MR) is 82.8 cm³/mol. The number of nitrogens with two attached hydrogens (primary N) is 1. The maximum atomic E-state index is 13.0. The minimum Gasteiger partial charge on any atom is -0.346 e. The summed E-state index contributed by atoms with van der Waals surface area (Å²) < 4.78 is 52.4. The zero-order chi connectivity index (χ0) is 17.7. The van der Waals surface area contributed by atoms with Crippen LogP contribution >= 0.6 is 0 Å². The Morgan fingerprint density at radius 3 is 2.30 bits per heavy atom. The highest BCUT2D eigenvalue weighted by atomic mass is 32.2. The van der Waals surface area contributed by atoms with Gasteiger partial charge < -0.3 is 11.1 Å². The largest absolute Gasteiger partial charge is 0.346 e. The molecule has 4 N–H and O–H groups in total. The highest BCUT2D eigenvalue weighted by Crippen LogP contribution is 2.12. The van der Waals surface area contributed by atoms with Crippen LogP contribution in [-0.2, 0) is 10.0 Å². The molecule has 0 aliphatic carbocycles. The summed E-state index contributed by atoms with van der Waals surface area (Å²) in [6, 6.07) is 5.02. The number of alkyl halides is 2. The van der Waals surface area contributed by atoms with Crippen molar-refractivity contribution in [2.75, 3.05) is 19.6 Å². The summed E-state index contributed by atoms with van der Waals surface area (Å²) in [5.41, 5.74) is 4.96. The van der Waals surface area contributed by atoms with E-state index in [9.17, 15) is 22.0 Å². The van der Waals surface area contributed by atoms with Crippen molar-refractivity contribution >= 4 is 15.9 Å². The number of hydrogen-bond donors (Lipinski definition) is 3. The van der Waals surface area contributed by atoms with E-state index < -0.39 is 34.9 Å². The first-order valence-electron chi connectivity index (χ1n) is 7.03. The lowest BCUT2D eigenvalue weighted by Gasteiger charge is -2.14. The van der Waals surface area contributed by atoms with E-state index in [-0.39, 0.29) is 16.4 Å². The minimum atomic E-state index is -3.66. The Morgan fingerprint density at radius 2 is 1.83 bits per heavy atom. The number of amides is 1. The first-order chi connectivity index (χ1) is 10.6. The summed E-state index contributed by atoms with van der Waals surface area (Å²) in [5, 5.41) is 2.05. The highest BCUT2D eigenvalue weighted by Gasteiger charge is 2.27. The average Bonchev–Trinajstić information content (AvgIpc) is 2.51. The van der Waals surface area contributed by atoms with Gasteiger partial charge in [-0.3, -0.25) is 4.79 Å². The average molecular weight is 349 g/mol. The second-order valence-corrected chi connectivity index (χ2v) is 7.28.